The number of carbonyl (C=O) groups excluding carboxylic acids is 1. The molecule has 0 aliphatic rings. The van der Waals surface area contributed by atoms with Crippen LogP contribution in [0.15, 0.2) is 28.7 Å². The molecule has 1 rings (SSSR count). The summed E-state index contributed by atoms with van der Waals surface area (Å²) in [4.78, 5) is 11.6. The summed E-state index contributed by atoms with van der Waals surface area (Å²) in [5, 5.41) is 0. The molecule has 1 atom stereocenters. The Morgan fingerprint density at radius 3 is 2.87 bits per heavy atom. The minimum Gasteiger partial charge on any atom is -0.328 e. The van der Waals surface area contributed by atoms with E-state index < -0.39 is 0 Å². The third-order valence-electron chi connectivity index (χ3n) is 2.17. The second-order valence-corrected chi connectivity index (χ2v) is 4.78. The van der Waals surface area contributed by atoms with Crippen molar-refractivity contribution in [1.29, 1.82) is 0 Å². The summed E-state index contributed by atoms with van der Waals surface area (Å²) in [6.07, 6.45) is 1.85. The molecule has 2 N–H and O–H groups in total. The Morgan fingerprint density at radius 1 is 1.53 bits per heavy atom. The van der Waals surface area contributed by atoms with Gasteiger partial charge in [-0.1, -0.05) is 28.1 Å². The maximum Gasteiger partial charge on any atom is 0.137 e. The Labute approximate surface area is 99.0 Å². The van der Waals surface area contributed by atoms with Crippen LogP contribution in [0.3, 0.4) is 0 Å². The van der Waals surface area contributed by atoms with Crippen molar-refractivity contribution in [3.8, 4) is 0 Å². The van der Waals surface area contributed by atoms with Gasteiger partial charge < -0.3 is 5.73 Å². The number of hydrogen-bond donors (Lipinski definition) is 1. The molecule has 0 spiro atoms. The monoisotopic (exact) mass is 269 g/mol. The molecule has 1 unspecified atom stereocenters. The molecular formula is C12H16BrNO. The van der Waals surface area contributed by atoms with Crippen LogP contribution in [0.25, 0.3) is 0 Å². The average Bonchev–Trinajstić information content (AvgIpc) is 2.15. The van der Waals surface area contributed by atoms with Gasteiger partial charge in [0, 0.05) is 23.4 Å². The van der Waals surface area contributed by atoms with E-state index in [1.54, 1.807) is 0 Å². The van der Waals surface area contributed by atoms with Crippen LogP contribution in [0.1, 0.15) is 25.3 Å². The Balaban J connectivity index is 2.44. The molecule has 0 aliphatic heterocycles. The highest BCUT2D eigenvalue weighted by Gasteiger charge is 2.05. The molecule has 0 bridgehead atoms. The molecule has 0 fully saturated rings. The number of nitrogens with two attached hydrogens (primary N) is 1. The van der Waals surface area contributed by atoms with E-state index in [0.29, 0.717) is 12.8 Å². The standard InChI is InChI=1S/C12H16BrNO/c1-9(14)5-6-12(15)8-10-3-2-4-11(13)7-10/h2-4,7,9H,5-6,8,14H2,1H3. The van der Waals surface area contributed by atoms with Crippen molar-refractivity contribution in [3.63, 3.8) is 0 Å². The van der Waals surface area contributed by atoms with E-state index >= 15 is 0 Å². The van der Waals surface area contributed by atoms with Gasteiger partial charge in [-0.3, -0.25) is 4.79 Å². The second kappa shape index (κ2) is 6.03. The number of carbonyl (C=O) groups is 1. The van der Waals surface area contributed by atoms with Crippen molar-refractivity contribution in [2.24, 2.45) is 5.73 Å². The van der Waals surface area contributed by atoms with Crippen LogP contribution in [0, 0.1) is 0 Å². The van der Waals surface area contributed by atoms with Crippen molar-refractivity contribution in [3.05, 3.63) is 34.3 Å². The lowest BCUT2D eigenvalue weighted by molar-refractivity contribution is -0.118. The Bertz CT molecular complexity index is 336. The molecule has 0 heterocycles. The van der Waals surface area contributed by atoms with Crippen molar-refractivity contribution in [2.45, 2.75) is 32.2 Å². The van der Waals surface area contributed by atoms with Gasteiger partial charge in [0.25, 0.3) is 0 Å². The molecule has 0 radical (unpaired) electrons. The molecule has 1 aromatic carbocycles. The molecule has 0 saturated heterocycles. The minimum absolute atomic E-state index is 0.108. The third-order valence-corrected chi connectivity index (χ3v) is 2.66. The SMILES string of the molecule is CC(N)CCC(=O)Cc1cccc(Br)c1. The van der Waals surface area contributed by atoms with Crippen LogP contribution < -0.4 is 5.73 Å². The van der Waals surface area contributed by atoms with Gasteiger partial charge in [-0.15, -0.1) is 0 Å². The molecule has 0 aromatic heterocycles. The number of Topliss-reactive ketones (excluding diaryl/α,β-unsaturated/α-hetero) is 1. The summed E-state index contributed by atoms with van der Waals surface area (Å²) in [7, 11) is 0. The molecule has 0 amide bonds. The predicted octanol–water partition coefficient (Wildman–Crippen LogP) is 2.69. The number of halogens is 1. The van der Waals surface area contributed by atoms with E-state index in [0.717, 1.165) is 16.5 Å². The van der Waals surface area contributed by atoms with Crippen molar-refractivity contribution in [1.82, 2.24) is 0 Å². The summed E-state index contributed by atoms with van der Waals surface area (Å²) in [6.45, 7) is 1.92. The molecule has 3 heteroatoms. The zero-order valence-corrected chi connectivity index (χ0v) is 10.5. The molecular weight excluding hydrogens is 254 g/mol. The van der Waals surface area contributed by atoms with E-state index in [2.05, 4.69) is 15.9 Å². The van der Waals surface area contributed by atoms with Crippen LogP contribution in [0.5, 0.6) is 0 Å². The van der Waals surface area contributed by atoms with Crippen LogP contribution in [0.2, 0.25) is 0 Å². The number of ketones is 1. The van der Waals surface area contributed by atoms with Crippen LogP contribution in [0.4, 0.5) is 0 Å². The van der Waals surface area contributed by atoms with Crippen LogP contribution in [-0.4, -0.2) is 11.8 Å². The molecule has 0 aliphatic carbocycles. The Morgan fingerprint density at radius 2 is 2.27 bits per heavy atom. The van der Waals surface area contributed by atoms with Gasteiger partial charge >= 0.3 is 0 Å². The van der Waals surface area contributed by atoms with Crippen LogP contribution >= 0.6 is 15.9 Å². The van der Waals surface area contributed by atoms with Crippen molar-refractivity contribution < 1.29 is 4.79 Å². The maximum atomic E-state index is 11.6. The van der Waals surface area contributed by atoms with E-state index in [9.17, 15) is 4.79 Å². The first kappa shape index (κ1) is 12.4. The fraction of sp³-hybridized carbons (Fsp3) is 0.417. The van der Waals surface area contributed by atoms with Crippen LogP contribution in [-0.2, 0) is 11.2 Å². The average molecular weight is 270 g/mol. The summed E-state index contributed by atoms with van der Waals surface area (Å²) in [5.41, 5.74) is 6.65. The minimum atomic E-state index is 0.108. The fourth-order valence-corrected chi connectivity index (χ4v) is 1.80. The summed E-state index contributed by atoms with van der Waals surface area (Å²) in [5.74, 6) is 0.255. The topological polar surface area (TPSA) is 43.1 Å². The fourth-order valence-electron chi connectivity index (χ4n) is 1.35. The number of rotatable bonds is 5. The van der Waals surface area contributed by atoms with E-state index in [4.69, 9.17) is 5.73 Å². The van der Waals surface area contributed by atoms with E-state index in [1.807, 2.05) is 31.2 Å². The van der Waals surface area contributed by atoms with Gasteiger partial charge in [0.1, 0.15) is 5.78 Å². The molecule has 1 aromatic rings. The first-order chi connectivity index (χ1) is 7.08. The quantitative estimate of drug-likeness (QED) is 0.893. The van der Waals surface area contributed by atoms with Crippen molar-refractivity contribution in [2.75, 3.05) is 0 Å². The van der Waals surface area contributed by atoms with Crippen molar-refractivity contribution >= 4 is 21.7 Å². The van der Waals surface area contributed by atoms with E-state index in [-0.39, 0.29) is 11.8 Å². The summed E-state index contributed by atoms with van der Waals surface area (Å²) < 4.78 is 1.01. The van der Waals surface area contributed by atoms with E-state index in [1.165, 1.54) is 0 Å². The zero-order chi connectivity index (χ0) is 11.3. The largest absolute Gasteiger partial charge is 0.328 e. The third kappa shape index (κ3) is 5.09. The summed E-state index contributed by atoms with van der Waals surface area (Å²) in [6, 6.07) is 7.95. The lowest BCUT2D eigenvalue weighted by Crippen LogP contribution is -2.16. The van der Waals surface area contributed by atoms with Gasteiger partial charge in [0.05, 0.1) is 0 Å². The lowest BCUT2D eigenvalue weighted by atomic mass is 10.0. The smallest absolute Gasteiger partial charge is 0.137 e. The molecule has 82 valence electrons. The first-order valence-electron chi connectivity index (χ1n) is 5.09. The molecule has 2 nitrogen and oxygen atoms in total. The second-order valence-electron chi connectivity index (χ2n) is 3.86. The number of hydrogen-bond acceptors (Lipinski definition) is 2. The van der Waals surface area contributed by atoms with Gasteiger partial charge in [0.2, 0.25) is 0 Å². The zero-order valence-electron chi connectivity index (χ0n) is 8.87. The Hall–Kier alpha value is -0.670. The van der Waals surface area contributed by atoms with Gasteiger partial charge in [-0.25, -0.2) is 0 Å². The van der Waals surface area contributed by atoms with Gasteiger partial charge in [0.15, 0.2) is 0 Å². The maximum absolute atomic E-state index is 11.6. The highest BCUT2D eigenvalue weighted by Crippen LogP contribution is 2.13. The summed E-state index contributed by atoms with van der Waals surface area (Å²) >= 11 is 3.38. The molecule has 0 saturated carbocycles. The Kier molecular flexibility index (Phi) is 4.99. The highest BCUT2D eigenvalue weighted by molar-refractivity contribution is 9.10. The molecule has 15 heavy (non-hydrogen) atoms. The highest BCUT2D eigenvalue weighted by atomic mass is 79.9. The predicted molar refractivity (Wildman–Crippen MR) is 65.7 cm³/mol. The first-order valence-corrected chi connectivity index (χ1v) is 5.89. The lowest BCUT2D eigenvalue weighted by Gasteiger charge is -2.04. The van der Waals surface area contributed by atoms with Gasteiger partial charge in [-0.05, 0) is 31.0 Å². The van der Waals surface area contributed by atoms with Gasteiger partial charge in [-0.2, -0.15) is 0 Å². The normalized spacial score (nSPS) is 12.5. The number of benzene rings is 1.